The van der Waals surface area contributed by atoms with Gasteiger partial charge in [0.25, 0.3) is 0 Å². The van der Waals surface area contributed by atoms with Crippen molar-refractivity contribution in [2.24, 2.45) is 5.92 Å². The molecule has 2 fully saturated rings. The van der Waals surface area contributed by atoms with E-state index in [1.54, 1.807) is 0 Å². The number of hydrogen-bond donors (Lipinski definition) is 0. The lowest BCUT2D eigenvalue weighted by Crippen LogP contribution is -2.48. The lowest BCUT2D eigenvalue weighted by atomic mass is 9.57. The summed E-state index contributed by atoms with van der Waals surface area (Å²) in [6, 6.07) is 5.97. The summed E-state index contributed by atoms with van der Waals surface area (Å²) < 4.78 is 16.8. The van der Waals surface area contributed by atoms with Crippen LogP contribution in [0.2, 0.25) is 0 Å². The molecule has 0 aromatic heterocycles. The van der Waals surface area contributed by atoms with E-state index in [4.69, 9.17) is 14.2 Å². The zero-order valence-corrected chi connectivity index (χ0v) is 14.3. The van der Waals surface area contributed by atoms with Gasteiger partial charge in [0.2, 0.25) is 0 Å². The van der Waals surface area contributed by atoms with E-state index >= 15 is 0 Å². The van der Waals surface area contributed by atoms with Crippen LogP contribution >= 0.6 is 0 Å². The SMILES string of the molecule is CC[C@@]12CCC3(CC1C=Cc1cc(C(=O)OC)ccc12)OCCO3. The van der Waals surface area contributed by atoms with Gasteiger partial charge in [0, 0.05) is 18.3 Å². The third kappa shape index (κ3) is 2.24. The van der Waals surface area contributed by atoms with Gasteiger partial charge in [-0.05, 0) is 42.0 Å². The topological polar surface area (TPSA) is 44.8 Å². The maximum atomic E-state index is 11.8. The Balaban J connectivity index is 1.72. The molecule has 0 amide bonds. The van der Waals surface area contributed by atoms with Crippen LogP contribution in [0.1, 0.15) is 54.1 Å². The second kappa shape index (κ2) is 5.71. The predicted octanol–water partition coefficient (Wildman–Crippen LogP) is 3.69. The molecule has 0 bridgehead atoms. The summed E-state index contributed by atoms with van der Waals surface area (Å²) in [6.07, 6.45) is 8.40. The van der Waals surface area contributed by atoms with Crippen LogP contribution in [0.25, 0.3) is 6.08 Å². The van der Waals surface area contributed by atoms with Crippen molar-refractivity contribution >= 4 is 12.0 Å². The van der Waals surface area contributed by atoms with E-state index in [2.05, 4.69) is 25.1 Å². The van der Waals surface area contributed by atoms with Crippen LogP contribution in [0.3, 0.4) is 0 Å². The average Bonchev–Trinajstić information content (AvgIpc) is 3.08. The normalized spacial score (nSPS) is 30.0. The monoisotopic (exact) mass is 328 g/mol. The molecule has 1 aliphatic heterocycles. The molecule has 4 rings (SSSR count). The number of carbonyl (C=O) groups is 1. The number of rotatable bonds is 2. The molecule has 24 heavy (non-hydrogen) atoms. The average molecular weight is 328 g/mol. The molecular weight excluding hydrogens is 304 g/mol. The van der Waals surface area contributed by atoms with E-state index in [9.17, 15) is 4.79 Å². The molecule has 1 heterocycles. The number of hydrogen-bond acceptors (Lipinski definition) is 4. The highest BCUT2D eigenvalue weighted by atomic mass is 16.7. The molecule has 0 radical (unpaired) electrons. The Morgan fingerprint density at radius 2 is 2.08 bits per heavy atom. The summed E-state index contributed by atoms with van der Waals surface area (Å²) in [6.45, 7) is 3.67. The van der Waals surface area contributed by atoms with Crippen molar-refractivity contribution in [3.8, 4) is 0 Å². The van der Waals surface area contributed by atoms with Gasteiger partial charge in [0.1, 0.15) is 0 Å². The van der Waals surface area contributed by atoms with Crippen molar-refractivity contribution in [3.05, 3.63) is 41.0 Å². The Bertz CT molecular complexity index is 687. The van der Waals surface area contributed by atoms with Crippen LogP contribution in [0.4, 0.5) is 0 Å². The van der Waals surface area contributed by atoms with E-state index in [0.29, 0.717) is 24.7 Å². The molecule has 128 valence electrons. The van der Waals surface area contributed by atoms with E-state index in [1.807, 2.05) is 12.1 Å². The molecule has 2 aliphatic carbocycles. The van der Waals surface area contributed by atoms with Gasteiger partial charge >= 0.3 is 5.97 Å². The van der Waals surface area contributed by atoms with Gasteiger partial charge in [-0.25, -0.2) is 4.79 Å². The molecule has 3 aliphatic rings. The molecule has 1 saturated carbocycles. The Kier molecular flexibility index (Phi) is 3.77. The summed E-state index contributed by atoms with van der Waals surface area (Å²) in [7, 11) is 1.42. The minimum absolute atomic E-state index is 0.110. The summed E-state index contributed by atoms with van der Waals surface area (Å²) in [5, 5.41) is 0. The minimum Gasteiger partial charge on any atom is -0.465 e. The van der Waals surface area contributed by atoms with Crippen LogP contribution < -0.4 is 0 Å². The zero-order valence-electron chi connectivity index (χ0n) is 14.3. The number of esters is 1. The van der Waals surface area contributed by atoms with Gasteiger partial charge in [0.15, 0.2) is 5.79 Å². The maximum Gasteiger partial charge on any atom is 0.337 e. The fourth-order valence-electron chi connectivity index (χ4n) is 4.83. The summed E-state index contributed by atoms with van der Waals surface area (Å²) in [5.41, 5.74) is 3.21. The zero-order chi connectivity index (χ0) is 16.8. The maximum absolute atomic E-state index is 11.8. The Hall–Kier alpha value is -1.65. The lowest BCUT2D eigenvalue weighted by Gasteiger charge is -2.50. The fraction of sp³-hybridized carbons (Fsp3) is 0.550. The number of benzene rings is 1. The van der Waals surface area contributed by atoms with E-state index in [0.717, 1.165) is 31.2 Å². The second-order valence-electron chi connectivity index (χ2n) is 7.08. The van der Waals surface area contributed by atoms with E-state index in [1.165, 1.54) is 12.7 Å². The highest BCUT2D eigenvalue weighted by molar-refractivity contribution is 5.90. The van der Waals surface area contributed by atoms with Crippen molar-refractivity contribution in [3.63, 3.8) is 0 Å². The Labute approximate surface area is 142 Å². The van der Waals surface area contributed by atoms with Gasteiger partial charge < -0.3 is 14.2 Å². The van der Waals surface area contributed by atoms with Crippen molar-refractivity contribution in [2.45, 2.75) is 43.8 Å². The molecule has 0 N–H and O–H groups in total. The number of methoxy groups -OCH3 is 1. The Morgan fingerprint density at radius 3 is 2.79 bits per heavy atom. The molecule has 1 aromatic rings. The van der Waals surface area contributed by atoms with Crippen LogP contribution in [0.5, 0.6) is 0 Å². The lowest BCUT2D eigenvalue weighted by molar-refractivity contribution is -0.194. The molecule has 1 aromatic carbocycles. The van der Waals surface area contributed by atoms with Crippen molar-refractivity contribution in [1.82, 2.24) is 0 Å². The second-order valence-corrected chi connectivity index (χ2v) is 7.08. The summed E-state index contributed by atoms with van der Waals surface area (Å²) in [4.78, 5) is 11.8. The molecule has 1 saturated heterocycles. The first-order valence-corrected chi connectivity index (χ1v) is 8.81. The van der Waals surface area contributed by atoms with E-state index < -0.39 is 0 Å². The van der Waals surface area contributed by atoms with E-state index in [-0.39, 0.29) is 17.2 Å². The quantitative estimate of drug-likeness (QED) is 0.777. The van der Waals surface area contributed by atoms with Gasteiger partial charge in [0.05, 0.1) is 25.9 Å². The summed E-state index contributed by atoms with van der Waals surface area (Å²) in [5.74, 6) is -0.253. The number of carbonyl (C=O) groups excluding carboxylic acids is 1. The molecule has 4 nitrogen and oxygen atoms in total. The minimum atomic E-state index is -0.378. The first-order chi connectivity index (χ1) is 11.6. The fourth-order valence-corrected chi connectivity index (χ4v) is 4.83. The first-order valence-electron chi connectivity index (χ1n) is 8.81. The van der Waals surface area contributed by atoms with Gasteiger partial charge in [-0.15, -0.1) is 0 Å². The number of allylic oxidation sites excluding steroid dienone is 1. The van der Waals surface area contributed by atoms with Crippen LogP contribution in [0, 0.1) is 5.92 Å². The summed E-state index contributed by atoms with van der Waals surface area (Å²) >= 11 is 0. The van der Waals surface area contributed by atoms with Crippen molar-refractivity contribution < 1.29 is 19.0 Å². The molecule has 2 atom stereocenters. The highest BCUT2D eigenvalue weighted by Crippen LogP contribution is 2.54. The predicted molar refractivity (Wildman–Crippen MR) is 90.8 cm³/mol. The van der Waals surface area contributed by atoms with Gasteiger partial charge in [-0.3, -0.25) is 0 Å². The number of fused-ring (bicyclic) bond motifs is 3. The van der Waals surface area contributed by atoms with Crippen LogP contribution in [-0.4, -0.2) is 32.1 Å². The molecular formula is C20H24O4. The van der Waals surface area contributed by atoms with Crippen LogP contribution in [0.15, 0.2) is 24.3 Å². The molecule has 4 heteroatoms. The van der Waals surface area contributed by atoms with Gasteiger partial charge in [-0.2, -0.15) is 0 Å². The largest absolute Gasteiger partial charge is 0.465 e. The molecule has 1 spiro atoms. The third-order valence-corrected chi connectivity index (χ3v) is 6.15. The molecule has 1 unspecified atom stereocenters. The standard InChI is InChI=1S/C20H24O4/c1-3-19-8-9-20(23-10-11-24-20)13-16(19)6-4-14-12-15(18(21)22-2)5-7-17(14)19/h4-7,12,16H,3,8-11,13H2,1-2H3/t16?,19-/m1/s1. The van der Waals surface area contributed by atoms with Gasteiger partial charge in [-0.1, -0.05) is 25.1 Å². The highest BCUT2D eigenvalue weighted by Gasteiger charge is 2.52. The van der Waals surface area contributed by atoms with Crippen molar-refractivity contribution in [1.29, 1.82) is 0 Å². The van der Waals surface area contributed by atoms with Crippen LogP contribution in [-0.2, 0) is 19.6 Å². The smallest absolute Gasteiger partial charge is 0.337 e. The third-order valence-electron chi connectivity index (χ3n) is 6.15. The Morgan fingerprint density at radius 1 is 1.29 bits per heavy atom. The van der Waals surface area contributed by atoms with Crippen molar-refractivity contribution in [2.75, 3.05) is 20.3 Å². The first kappa shape index (κ1) is 15.9. The number of ether oxygens (including phenoxy) is 3.